The topological polar surface area (TPSA) is 54.0 Å². The Labute approximate surface area is 108 Å². The second-order valence-corrected chi connectivity index (χ2v) is 5.05. The van der Waals surface area contributed by atoms with Crippen LogP contribution in [0.3, 0.4) is 0 Å². The molecule has 1 heterocycles. The summed E-state index contributed by atoms with van der Waals surface area (Å²) < 4.78 is 0. The van der Waals surface area contributed by atoms with Gasteiger partial charge in [-0.1, -0.05) is 6.92 Å². The minimum absolute atomic E-state index is 0.0639. The van der Waals surface area contributed by atoms with Crippen LogP contribution >= 0.6 is 0 Å². The fourth-order valence-corrected chi connectivity index (χ4v) is 2.42. The quantitative estimate of drug-likeness (QED) is 0.859. The number of amides is 1. The minimum atomic E-state index is -0.0639. The van der Waals surface area contributed by atoms with Crippen LogP contribution in [0.2, 0.25) is 0 Å². The Morgan fingerprint density at radius 1 is 1.44 bits per heavy atom. The molecule has 0 spiro atoms. The van der Waals surface area contributed by atoms with Crippen molar-refractivity contribution in [1.29, 1.82) is 0 Å². The number of nitrogens with zero attached hydrogens (tertiary/aromatic N) is 1. The number of pyridine rings is 1. The van der Waals surface area contributed by atoms with E-state index in [9.17, 15) is 4.79 Å². The molecule has 1 aliphatic rings. The van der Waals surface area contributed by atoms with Crippen LogP contribution in [0.5, 0.6) is 0 Å². The standard InChI is InChI=1S/C14H21N3O/c1-3-15-14(18)11-5-7-13(16-9-11)17-12-6-4-10(2)8-12/h5,7,9-10,12H,3-4,6,8H2,1-2H3,(H,15,18)(H,16,17). The summed E-state index contributed by atoms with van der Waals surface area (Å²) in [4.78, 5) is 15.9. The van der Waals surface area contributed by atoms with E-state index in [1.807, 2.05) is 19.1 Å². The lowest BCUT2D eigenvalue weighted by Gasteiger charge is -2.13. The summed E-state index contributed by atoms with van der Waals surface area (Å²) in [7, 11) is 0. The van der Waals surface area contributed by atoms with Gasteiger partial charge in [-0.3, -0.25) is 4.79 Å². The van der Waals surface area contributed by atoms with Gasteiger partial charge in [-0.15, -0.1) is 0 Å². The molecule has 2 unspecified atom stereocenters. The van der Waals surface area contributed by atoms with E-state index in [1.165, 1.54) is 19.3 Å². The maximum Gasteiger partial charge on any atom is 0.252 e. The normalized spacial score (nSPS) is 22.8. The van der Waals surface area contributed by atoms with Gasteiger partial charge in [0.05, 0.1) is 5.56 Å². The van der Waals surface area contributed by atoms with Crippen LogP contribution in [0.1, 0.15) is 43.5 Å². The van der Waals surface area contributed by atoms with Gasteiger partial charge >= 0.3 is 0 Å². The van der Waals surface area contributed by atoms with Gasteiger partial charge in [0, 0.05) is 18.8 Å². The van der Waals surface area contributed by atoms with Gasteiger partial charge < -0.3 is 10.6 Å². The van der Waals surface area contributed by atoms with Crippen LogP contribution in [0.15, 0.2) is 18.3 Å². The van der Waals surface area contributed by atoms with Crippen molar-refractivity contribution in [3.63, 3.8) is 0 Å². The van der Waals surface area contributed by atoms with Crippen LogP contribution < -0.4 is 10.6 Å². The first-order valence-corrected chi connectivity index (χ1v) is 6.69. The van der Waals surface area contributed by atoms with E-state index in [2.05, 4.69) is 22.5 Å². The zero-order valence-electron chi connectivity index (χ0n) is 11.1. The summed E-state index contributed by atoms with van der Waals surface area (Å²) in [5.41, 5.74) is 0.613. The third-order valence-electron chi connectivity index (χ3n) is 3.41. The lowest BCUT2D eigenvalue weighted by Crippen LogP contribution is -2.23. The smallest absolute Gasteiger partial charge is 0.252 e. The number of anilines is 1. The van der Waals surface area contributed by atoms with E-state index in [0.717, 1.165) is 11.7 Å². The summed E-state index contributed by atoms with van der Waals surface area (Å²) >= 11 is 0. The Morgan fingerprint density at radius 3 is 2.83 bits per heavy atom. The highest BCUT2D eigenvalue weighted by molar-refractivity contribution is 5.93. The monoisotopic (exact) mass is 247 g/mol. The number of carbonyl (C=O) groups excluding carboxylic acids is 1. The average Bonchev–Trinajstić information content (AvgIpc) is 2.76. The van der Waals surface area contributed by atoms with Gasteiger partial charge in [0.25, 0.3) is 5.91 Å². The SMILES string of the molecule is CCNC(=O)c1ccc(NC2CCC(C)C2)nc1. The Bertz CT molecular complexity index is 402. The first kappa shape index (κ1) is 12.9. The van der Waals surface area contributed by atoms with Crippen molar-refractivity contribution in [3.05, 3.63) is 23.9 Å². The third-order valence-corrected chi connectivity index (χ3v) is 3.41. The van der Waals surface area contributed by atoms with Crippen molar-refractivity contribution in [1.82, 2.24) is 10.3 Å². The van der Waals surface area contributed by atoms with Crippen molar-refractivity contribution in [2.24, 2.45) is 5.92 Å². The third kappa shape index (κ3) is 3.22. The molecule has 98 valence electrons. The van der Waals surface area contributed by atoms with Gasteiger partial charge in [-0.25, -0.2) is 4.98 Å². The van der Waals surface area contributed by atoms with Crippen LogP contribution in [-0.4, -0.2) is 23.5 Å². The number of hydrogen-bond acceptors (Lipinski definition) is 3. The number of carbonyl (C=O) groups is 1. The van der Waals surface area contributed by atoms with E-state index in [0.29, 0.717) is 18.2 Å². The first-order chi connectivity index (χ1) is 8.69. The van der Waals surface area contributed by atoms with Crippen LogP contribution in [0, 0.1) is 5.92 Å². The predicted molar refractivity (Wildman–Crippen MR) is 72.7 cm³/mol. The molecule has 4 nitrogen and oxygen atoms in total. The number of nitrogens with one attached hydrogen (secondary N) is 2. The predicted octanol–water partition coefficient (Wildman–Crippen LogP) is 2.43. The van der Waals surface area contributed by atoms with Crippen molar-refractivity contribution >= 4 is 11.7 Å². The molecule has 0 aliphatic heterocycles. The molecule has 1 aliphatic carbocycles. The van der Waals surface area contributed by atoms with E-state index in [-0.39, 0.29) is 5.91 Å². The number of aromatic nitrogens is 1. The van der Waals surface area contributed by atoms with Gasteiger partial charge in [0.15, 0.2) is 0 Å². The lowest BCUT2D eigenvalue weighted by atomic mass is 10.1. The maximum atomic E-state index is 11.6. The highest BCUT2D eigenvalue weighted by Crippen LogP contribution is 2.26. The Kier molecular flexibility index (Phi) is 4.18. The first-order valence-electron chi connectivity index (χ1n) is 6.69. The van der Waals surface area contributed by atoms with E-state index in [1.54, 1.807) is 6.20 Å². The zero-order valence-corrected chi connectivity index (χ0v) is 11.1. The Balaban J connectivity index is 1.93. The van der Waals surface area contributed by atoms with Crippen molar-refractivity contribution in [2.75, 3.05) is 11.9 Å². The van der Waals surface area contributed by atoms with Crippen molar-refractivity contribution in [2.45, 2.75) is 39.2 Å². The lowest BCUT2D eigenvalue weighted by molar-refractivity contribution is 0.0955. The molecule has 0 bridgehead atoms. The Morgan fingerprint density at radius 2 is 2.28 bits per heavy atom. The van der Waals surface area contributed by atoms with Gasteiger partial charge in [-0.2, -0.15) is 0 Å². The second kappa shape index (κ2) is 5.85. The molecule has 0 radical (unpaired) electrons. The second-order valence-electron chi connectivity index (χ2n) is 5.05. The molecule has 1 aromatic heterocycles. The van der Waals surface area contributed by atoms with E-state index >= 15 is 0 Å². The average molecular weight is 247 g/mol. The van der Waals surface area contributed by atoms with E-state index in [4.69, 9.17) is 0 Å². The molecule has 4 heteroatoms. The molecule has 1 fully saturated rings. The summed E-state index contributed by atoms with van der Waals surface area (Å²) in [6.45, 7) is 4.83. The van der Waals surface area contributed by atoms with Crippen LogP contribution in [-0.2, 0) is 0 Å². The zero-order chi connectivity index (χ0) is 13.0. The molecule has 0 aromatic carbocycles. The van der Waals surface area contributed by atoms with Crippen LogP contribution in [0.25, 0.3) is 0 Å². The summed E-state index contributed by atoms with van der Waals surface area (Å²) in [6.07, 6.45) is 5.33. The summed E-state index contributed by atoms with van der Waals surface area (Å²) in [5.74, 6) is 1.60. The molecule has 1 amide bonds. The van der Waals surface area contributed by atoms with Crippen LogP contribution in [0.4, 0.5) is 5.82 Å². The van der Waals surface area contributed by atoms with Crippen molar-refractivity contribution in [3.8, 4) is 0 Å². The fraction of sp³-hybridized carbons (Fsp3) is 0.571. The fourth-order valence-electron chi connectivity index (χ4n) is 2.42. The molecular formula is C14H21N3O. The summed E-state index contributed by atoms with van der Waals surface area (Å²) in [5, 5.41) is 6.19. The van der Waals surface area contributed by atoms with E-state index < -0.39 is 0 Å². The molecule has 2 rings (SSSR count). The molecule has 18 heavy (non-hydrogen) atoms. The molecular weight excluding hydrogens is 226 g/mol. The molecule has 0 saturated heterocycles. The van der Waals surface area contributed by atoms with Crippen molar-refractivity contribution < 1.29 is 4.79 Å². The molecule has 1 aromatic rings. The highest BCUT2D eigenvalue weighted by atomic mass is 16.1. The molecule has 2 N–H and O–H groups in total. The molecule has 1 saturated carbocycles. The Hall–Kier alpha value is -1.58. The minimum Gasteiger partial charge on any atom is -0.367 e. The highest BCUT2D eigenvalue weighted by Gasteiger charge is 2.21. The van der Waals surface area contributed by atoms with Gasteiger partial charge in [-0.05, 0) is 44.2 Å². The van der Waals surface area contributed by atoms with Gasteiger partial charge in [0.1, 0.15) is 5.82 Å². The van der Waals surface area contributed by atoms with Gasteiger partial charge in [0.2, 0.25) is 0 Å². The summed E-state index contributed by atoms with van der Waals surface area (Å²) in [6, 6.07) is 4.23. The number of hydrogen-bond donors (Lipinski definition) is 2. The largest absolute Gasteiger partial charge is 0.367 e. The number of rotatable bonds is 4. The maximum absolute atomic E-state index is 11.6. The molecule has 2 atom stereocenters.